The van der Waals surface area contributed by atoms with Gasteiger partial charge >= 0.3 is 0 Å². The second-order valence-corrected chi connectivity index (χ2v) is 5.18. The van der Waals surface area contributed by atoms with Gasteiger partial charge in [0.05, 0.1) is 25.2 Å². The van der Waals surface area contributed by atoms with Crippen molar-refractivity contribution < 1.29 is 9.53 Å². The number of fused-ring (bicyclic) bond motifs is 1. The first-order valence-electron chi connectivity index (χ1n) is 7.15. The van der Waals surface area contributed by atoms with E-state index in [1.54, 1.807) is 0 Å². The van der Waals surface area contributed by atoms with Gasteiger partial charge in [-0.1, -0.05) is 6.07 Å². The van der Waals surface area contributed by atoms with E-state index in [0.717, 1.165) is 24.6 Å². The quantitative estimate of drug-likeness (QED) is 0.845. The first kappa shape index (κ1) is 14.0. The molecule has 0 radical (unpaired) electrons. The van der Waals surface area contributed by atoms with Crippen LogP contribution in [0.15, 0.2) is 24.4 Å². The summed E-state index contributed by atoms with van der Waals surface area (Å²) in [7, 11) is 0. The van der Waals surface area contributed by atoms with Crippen molar-refractivity contribution >= 4 is 11.6 Å². The maximum absolute atomic E-state index is 12.1. The minimum absolute atomic E-state index is 0.0381. The predicted octanol–water partition coefficient (Wildman–Crippen LogP) is 0.285. The number of pyridine rings is 1. The van der Waals surface area contributed by atoms with Gasteiger partial charge in [-0.25, -0.2) is 0 Å². The summed E-state index contributed by atoms with van der Waals surface area (Å²) in [5.41, 5.74) is 0.772. The maximum Gasteiger partial charge on any atom is 0.223 e. The van der Waals surface area contributed by atoms with Gasteiger partial charge in [-0.15, -0.1) is 10.2 Å². The van der Waals surface area contributed by atoms with Crippen LogP contribution in [0.4, 0.5) is 0 Å². The van der Waals surface area contributed by atoms with Crippen molar-refractivity contribution in [2.75, 3.05) is 19.7 Å². The summed E-state index contributed by atoms with van der Waals surface area (Å²) < 4.78 is 7.41. The average molecular weight is 289 g/mol. The lowest BCUT2D eigenvalue weighted by Crippen LogP contribution is -2.41. The molecule has 0 spiro atoms. The van der Waals surface area contributed by atoms with Crippen molar-refractivity contribution in [3.8, 4) is 0 Å². The van der Waals surface area contributed by atoms with E-state index >= 15 is 0 Å². The van der Waals surface area contributed by atoms with Gasteiger partial charge in [0.15, 0.2) is 11.5 Å². The number of nitrogens with zero attached hydrogens (tertiary/aromatic N) is 3. The van der Waals surface area contributed by atoms with Crippen molar-refractivity contribution in [3.63, 3.8) is 0 Å². The van der Waals surface area contributed by atoms with Crippen molar-refractivity contribution in [3.05, 3.63) is 30.2 Å². The van der Waals surface area contributed by atoms with Gasteiger partial charge in [-0.3, -0.25) is 9.20 Å². The highest BCUT2D eigenvalue weighted by Gasteiger charge is 2.20. The normalized spacial score (nSPS) is 20.3. The van der Waals surface area contributed by atoms with Crippen molar-refractivity contribution in [2.24, 2.45) is 0 Å². The van der Waals surface area contributed by atoms with Crippen LogP contribution >= 0.6 is 0 Å². The molecule has 0 bridgehead atoms. The first-order chi connectivity index (χ1) is 10.2. The second kappa shape index (κ2) is 6.19. The number of hydrogen-bond acceptors (Lipinski definition) is 5. The molecule has 3 rings (SSSR count). The van der Waals surface area contributed by atoms with E-state index in [2.05, 4.69) is 20.8 Å². The Morgan fingerprint density at radius 3 is 3.29 bits per heavy atom. The van der Waals surface area contributed by atoms with Gasteiger partial charge in [0.25, 0.3) is 0 Å². The molecule has 2 N–H and O–H groups in total. The molecule has 1 amide bonds. The first-order valence-corrected chi connectivity index (χ1v) is 7.15. The van der Waals surface area contributed by atoms with Crippen LogP contribution in [0.1, 0.15) is 25.2 Å². The summed E-state index contributed by atoms with van der Waals surface area (Å²) in [6.07, 6.45) is 2.19. The fourth-order valence-electron chi connectivity index (χ4n) is 2.48. The summed E-state index contributed by atoms with van der Waals surface area (Å²) in [6, 6.07) is 5.50. The smallest absolute Gasteiger partial charge is 0.223 e. The molecule has 1 fully saturated rings. The molecule has 7 nitrogen and oxygen atoms in total. The Morgan fingerprint density at radius 2 is 2.48 bits per heavy atom. The molecule has 2 atom stereocenters. The molecule has 1 saturated heterocycles. The Morgan fingerprint density at radius 1 is 1.57 bits per heavy atom. The van der Waals surface area contributed by atoms with Crippen LogP contribution in [0.25, 0.3) is 5.65 Å². The number of aromatic nitrogens is 3. The van der Waals surface area contributed by atoms with Gasteiger partial charge in [-0.2, -0.15) is 0 Å². The molecular formula is C14H19N5O2. The van der Waals surface area contributed by atoms with Gasteiger partial charge in [0.2, 0.25) is 5.91 Å². The summed E-state index contributed by atoms with van der Waals surface area (Å²) in [6.45, 7) is 4.12. The Labute approximate surface area is 122 Å². The largest absolute Gasteiger partial charge is 0.375 e. The lowest BCUT2D eigenvalue weighted by molar-refractivity contribution is -0.125. The Balaban J connectivity index is 1.62. The Hall–Kier alpha value is -1.99. The topological polar surface area (TPSA) is 80.5 Å². The van der Waals surface area contributed by atoms with Crippen LogP contribution in [0, 0.1) is 0 Å². The summed E-state index contributed by atoms with van der Waals surface area (Å²) >= 11 is 0. The van der Waals surface area contributed by atoms with Crippen LogP contribution in [-0.2, 0) is 9.53 Å². The number of amides is 1. The molecule has 1 aliphatic rings. The van der Waals surface area contributed by atoms with Crippen LogP contribution in [-0.4, -0.2) is 46.3 Å². The Kier molecular flexibility index (Phi) is 4.12. The molecule has 2 aromatic heterocycles. The van der Waals surface area contributed by atoms with E-state index in [1.807, 2.05) is 35.7 Å². The molecule has 3 heterocycles. The molecule has 112 valence electrons. The number of ether oxygens (including phenoxy) is 1. The van der Waals surface area contributed by atoms with Crippen LogP contribution < -0.4 is 10.6 Å². The molecule has 2 aromatic rings. The zero-order chi connectivity index (χ0) is 14.7. The highest BCUT2D eigenvalue weighted by Crippen LogP contribution is 2.12. The van der Waals surface area contributed by atoms with Crippen molar-refractivity contribution in [1.82, 2.24) is 25.2 Å². The number of morpholine rings is 1. The fraction of sp³-hybridized carbons (Fsp3) is 0.500. The van der Waals surface area contributed by atoms with E-state index in [4.69, 9.17) is 4.74 Å². The van der Waals surface area contributed by atoms with E-state index in [1.165, 1.54) is 0 Å². The molecule has 2 unspecified atom stereocenters. The zero-order valence-corrected chi connectivity index (χ0v) is 12.0. The summed E-state index contributed by atoms with van der Waals surface area (Å²) in [4.78, 5) is 12.1. The van der Waals surface area contributed by atoms with Gasteiger partial charge in [0.1, 0.15) is 0 Å². The summed E-state index contributed by atoms with van der Waals surface area (Å²) in [5, 5.41) is 14.4. The maximum atomic E-state index is 12.1. The molecule has 0 aromatic carbocycles. The van der Waals surface area contributed by atoms with Gasteiger partial charge in [-0.05, 0) is 19.1 Å². The molecule has 0 saturated carbocycles. The van der Waals surface area contributed by atoms with Crippen molar-refractivity contribution in [1.29, 1.82) is 0 Å². The lowest BCUT2D eigenvalue weighted by Gasteiger charge is -2.23. The van der Waals surface area contributed by atoms with Crippen LogP contribution in [0.3, 0.4) is 0 Å². The standard InChI is InChI=1S/C14H19N5O2/c1-10(14-18-17-12-4-2-3-6-19(12)14)16-13(20)8-11-9-15-5-7-21-11/h2-4,6,10-11,15H,5,7-9H2,1H3,(H,16,20). The third-order valence-corrected chi connectivity index (χ3v) is 3.52. The number of hydrogen-bond donors (Lipinski definition) is 2. The molecule has 21 heavy (non-hydrogen) atoms. The number of carbonyl (C=O) groups excluding carboxylic acids is 1. The molecule has 7 heteroatoms. The predicted molar refractivity (Wildman–Crippen MR) is 76.8 cm³/mol. The average Bonchev–Trinajstić information content (AvgIpc) is 2.92. The zero-order valence-electron chi connectivity index (χ0n) is 12.0. The molecule has 1 aliphatic heterocycles. The molecule has 0 aliphatic carbocycles. The number of carbonyl (C=O) groups is 1. The second-order valence-electron chi connectivity index (χ2n) is 5.18. The Bertz CT molecular complexity index is 621. The lowest BCUT2D eigenvalue weighted by atomic mass is 10.2. The third kappa shape index (κ3) is 3.20. The van der Waals surface area contributed by atoms with E-state index in [9.17, 15) is 4.79 Å². The van der Waals surface area contributed by atoms with Gasteiger partial charge < -0.3 is 15.4 Å². The minimum Gasteiger partial charge on any atom is -0.375 e. The van der Waals surface area contributed by atoms with E-state index in [0.29, 0.717) is 13.0 Å². The third-order valence-electron chi connectivity index (χ3n) is 3.52. The SMILES string of the molecule is CC(NC(=O)CC1CNCCO1)c1nnc2ccccn12. The molecular weight excluding hydrogens is 270 g/mol. The fourth-order valence-corrected chi connectivity index (χ4v) is 2.48. The number of nitrogens with one attached hydrogen (secondary N) is 2. The van der Waals surface area contributed by atoms with E-state index < -0.39 is 0 Å². The number of rotatable bonds is 4. The summed E-state index contributed by atoms with van der Waals surface area (Å²) in [5.74, 6) is 0.686. The van der Waals surface area contributed by atoms with E-state index in [-0.39, 0.29) is 18.1 Å². The van der Waals surface area contributed by atoms with Crippen LogP contribution in [0.5, 0.6) is 0 Å². The monoisotopic (exact) mass is 289 g/mol. The highest BCUT2D eigenvalue weighted by atomic mass is 16.5. The van der Waals surface area contributed by atoms with Crippen LogP contribution in [0.2, 0.25) is 0 Å². The van der Waals surface area contributed by atoms with Crippen molar-refractivity contribution in [2.45, 2.75) is 25.5 Å². The minimum atomic E-state index is -0.202. The highest BCUT2D eigenvalue weighted by molar-refractivity contribution is 5.76. The van der Waals surface area contributed by atoms with Gasteiger partial charge in [0, 0.05) is 19.3 Å².